The van der Waals surface area contributed by atoms with Crippen LogP contribution in [0.2, 0.25) is 0 Å². The number of halogens is 2. The molecule has 0 aliphatic heterocycles. The molecule has 6 nitrogen and oxygen atoms in total. The Morgan fingerprint density at radius 1 is 1.34 bits per heavy atom. The number of hydrogen-bond donors (Lipinski definition) is 1. The molecule has 0 amide bonds. The van der Waals surface area contributed by atoms with E-state index in [1.165, 1.54) is 18.6 Å². The quantitative estimate of drug-likeness (QED) is 0.469. The van der Waals surface area contributed by atoms with E-state index in [4.69, 9.17) is 4.74 Å². The van der Waals surface area contributed by atoms with E-state index >= 15 is 0 Å². The molecular weight excluding hydrogens is 461 g/mol. The molecule has 1 aromatic carbocycles. The summed E-state index contributed by atoms with van der Waals surface area (Å²) in [6.45, 7) is 9.11. The zero-order chi connectivity index (χ0) is 21.8. The summed E-state index contributed by atoms with van der Waals surface area (Å²) in [4.78, 5) is 20.5. The topological polar surface area (TPSA) is 87.2 Å². The van der Waals surface area contributed by atoms with Crippen LogP contribution in [0.1, 0.15) is 56.2 Å². The number of carbonyl (C=O) groups excluding carboxylic acids is 1. The molecule has 0 aliphatic carbocycles. The second kappa shape index (κ2) is 9.51. The lowest BCUT2D eigenvalue weighted by molar-refractivity contribution is 0.0523. The fourth-order valence-corrected chi connectivity index (χ4v) is 3.93. The molecule has 29 heavy (non-hydrogen) atoms. The van der Waals surface area contributed by atoms with Gasteiger partial charge in [-0.2, -0.15) is 0 Å². The van der Waals surface area contributed by atoms with Gasteiger partial charge in [0.05, 0.1) is 23.4 Å². The molecule has 1 N–H and O–H groups in total. The van der Waals surface area contributed by atoms with E-state index in [1.807, 2.05) is 20.8 Å². The van der Waals surface area contributed by atoms with Gasteiger partial charge in [0.1, 0.15) is 16.9 Å². The van der Waals surface area contributed by atoms with Crippen molar-refractivity contribution in [1.82, 2.24) is 14.7 Å². The van der Waals surface area contributed by atoms with Crippen LogP contribution < -0.4 is 4.72 Å². The fourth-order valence-electron chi connectivity index (χ4n) is 2.67. The van der Waals surface area contributed by atoms with Crippen LogP contribution in [0.3, 0.4) is 0 Å². The third-order valence-electron chi connectivity index (χ3n) is 4.21. The molecule has 0 fully saturated rings. The summed E-state index contributed by atoms with van der Waals surface area (Å²) in [5.74, 6) is -1.02. The molecule has 2 atom stereocenters. The van der Waals surface area contributed by atoms with Crippen molar-refractivity contribution in [3.05, 3.63) is 57.8 Å². The fraction of sp³-hybridized carbons (Fsp3) is 0.450. The number of esters is 1. The summed E-state index contributed by atoms with van der Waals surface area (Å²) in [5, 5.41) is 0. The van der Waals surface area contributed by atoms with Crippen LogP contribution in [-0.4, -0.2) is 31.8 Å². The molecule has 0 spiro atoms. The molecule has 2 rings (SSSR count). The number of rotatable bonds is 7. The molecule has 0 saturated heterocycles. The average Bonchev–Trinajstić information content (AvgIpc) is 2.63. The monoisotopic (exact) mass is 485 g/mol. The van der Waals surface area contributed by atoms with Crippen molar-refractivity contribution in [2.45, 2.75) is 51.3 Å². The van der Waals surface area contributed by atoms with E-state index in [0.29, 0.717) is 15.7 Å². The van der Waals surface area contributed by atoms with Crippen LogP contribution in [0, 0.1) is 5.82 Å². The third-order valence-corrected chi connectivity index (χ3v) is 6.45. The van der Waals surface area contributed by atoms with Gasteiger partial charge in [0.2, 0.25) is 0 Å². The Hall–Kier alpha value is -1.55. The molecule has 0 bridgehead atoms. The Labute approximate surface area is 182 Å². The summed E-state index contributed by atoms with van der Waals surface area (Å²) in [6, 6.07) is 4.56. The van der Waals surface area contributed by atoms with Crippen molar-refractivity contribution in [3.8, 4) is 0 Å². The number of nitrogens with zero attached hydrogens (tertiary/aromatic N) is 2. The van der Waals surface area contributed by atoms with Crippen LogP contribution in [-0.2, 0) is 28.1 Å². The minimum absolute atomic E-state index is 0.0961. The molecule has 1 heterocycles. The lowest BCUT2D eigenvalue weighted by atomic mass is 9.87. The highest BCUT2D eigenvalue weighted by molar-refractivity contribution is 9.10. The van der Waals surface area contributed by atoms with Gasteiger partial charge in [-0.15, -0.1) is 4.72 Å². The standard InChI is InChI=1S/C20H25BrFN3O3S/c1-6-28-18(26)14-11-23-12-24-17(14)10-20(5,25-29(27)19(2,3)4)15-9-13(21)7-8-16(15)22/h7-9,11-12,25H,6,10H2,1-5H3/t20?,29-/m1/s1. The first kappa shape index (κ1) is 23.7. The summed E-state index contributed by atoms with van der Waals surface area (Å²) in [6.07, 6.45) is 2.79. The van der Waals surface area contributed by atoms with Crippen molar-refractivity contribution < 1.29 is 18.5 Å². The smallest absolute Gasteiger partial charge is 0.341 e. The van der Waals surface area contributed by atoms with Gasteiger partial charge in [0.15, 0.2) is 0 Å². The van der Waals surface area contributed by atoms with E-state index in [1.54, 1.807) is 26.0 Å². The molecule has 0 aliphatic rings. The van der Waals surface area contributed by atoms with Crippen LogP contribution in [0.15, 0.2) is 35.2 Å². The zero-order valence-electron chi connectivity index (χ0n) is 17.1. The first-order chi connectivity index (χ1) is 13.5. The van der Waals surface area contributed by atoms with Crippen molar-refractivity contribution >= 4 is 33.3 Å². The maximum atomic E-state index is 14.8. The molecule has 9 heteroatoms. The van der Waals surface area contributed by atoms with Crippen LogP contribution in [0.25, 0.3) is 0 Å². The first-order valence-electron chi connectivity index (χ1n) is 9.09. The number of carbonyl (C=O) groups is 1. The lowest BCUT2D eigenvalue weighted by Crippen LogP contribution is -2.51. The Morgan fingerprint density at radius 2 is 2.03 bits per heavy atom. The first-order valence-corrected chi connectivity index (χ1v) is 11.0. The predicted octanol–water partition coefficient (Wildman–Crippen LogP) is 4.06. The summed E-state index contributed by atoms with van der Waals surface area (Å²) < 4.78 is 36.0. The molecule has 1 aromatic heterocycles. The van der Waals surface area contributed by atoms with Gasteiger partial charge in [0, 0.05) is 34.0 Å². The van der Waals surface area contributed by atoms with Crippen LogP contribution in [0.5, 0.6) is 0 Å². The Morgan fingerprint density at radius 3 is 2.66 bits per heavy atom. The average molecular weight is 486 g/mol. The SMILES string of the molecule is CCOC(=O)c1cncnc1CC(C)(N[S@+]([O-])C(C)(C)C)c1cc(Br)ccc1F. The molecular formula is C20H25BrFN3O3S. The van der Waals surface area contributed by atoms with Gasteiger partial charge in [0.25, 0.3) is 0 Å². The van der Waals surface area contributed by atoms with Crippen molar-refractivity contribution in [3.63, 3.8) is 0 Å². The Balaban J connectivity index is 2.55. The van der Waals surface area contributed by atoms with E-state index in [-0.39, 0.29) is 18.6 Å². The van der Waals surface area contributed by atoms with E-state index in [0.717, 1.165) is 0 Å². The van der Waals surface area contributed by atoms with Crippen molar-refractivity contribution in [2.24, 2.45) is 0 Å². The van der Waals surface area contributed by atoms with Crippen LogP contribution >= 0.6 is 15.9 Å². The second-order valence-electron chi connectivity index (χ2n) is 7.72. The summed E-state index contributed by atoms with van der Waals surface area (Å²) >= 11 is 1.86. The number of nitrogens with one attached hydrogen (secondary N) is 1. The normalized spacial score (nSPS) is 14.9. The molecule has 1 unspecified atom stereocenters. The van der Waals surface area contributed by atoms with E-state index < -0.39 is 33.4 Å². The largest absolute Gasteiger partial charge is 0.598 e. The summed E-state index contributed by atoms with van der Waals surface area (Å²) in [7, 11) is 0. The van der Waals surface area contributed by atoms with Gasteiger partial charge in [-0.05, 0) is 52.8 Å². The molecule has 2 aromatic rings. The minimum atomic E-state index is -1.51. The van der Waals surface area contributed by atoms with Crippen LogP contribution in [0.4, 0.5) is 4.39 Å². The highest BCUT2D eigenvalue weighted by atomic mass is 79.9. The van der Waals surface area contributed by atoms with E-state index in [2.05, 4.69) is 30.6 Å². The highest BCUT2D eigenvalue weighted by Gasteiger charge is 2.40. The van der Waals surface area contributed by atoms with Gasteiger partial charge >= 0.3 is 5.97 Å². The highest BCUT2D eigenvalue weighted by Crippen LogP contribution is 2.33. The van der Waals surface area contributed by atoms with Gasteiger partial charge < -0.3 is 9.29 Å². The number of ether oxygens (including phenoxy) is 1. The number of hydrogen-bond acceptors (Lipinski definition) is 6. The maximum Gasteiger partial charge on any atom is 0.341 e. The van der Waals surface area contributed by atoms with Crippen molar-refractivity contribution in [1.29, 1.82) is 0 Å². The minimum Gasteiger partial charge on any atom is -0.598 e. The molecule has 0 radical (unpaired) electrons. The molecule has 158 valence electrons. The second-order valence-corrected chi connectivity index (χ2v) is 10.6. The van der Waals surface area contributed by atoms with Gasteiger partial charge in [-0.25, -0.2) is 19.2 Å². The summed E-state index contributed by atoms with van der Waals surface area (Å²) in [5.41, 5.74) is -0.252. The Bertz CT molecular complexity index is 878. The predicted molar refractivity (Wildman–Crippen MR) is 114 cm³/mol. The lowest BCUT2D eigenvalue weighted by Gasteiger charge is -2.35. The Kier molecular flexibility index (Phi) is 7.78. The van der Waals surface area contributed by atoms with Crippen molar-refractivity contribution in [2.75, 3.05) is 6.61 Å². The molecule has 0 saturated carbocycles. The van der Waals surface area contributed by atoms with Gasteiger partial charge in [-0.1, -0.05) is 15.9 Å². The maximum absolute atomic E-state index is 14.8. The van der Waals surface area contributed by atoms with E-state index in [9.17, 15) is 13.7 Å². The number of aromatic nitrogens is 2. The zero-order valence-corrected chi connectivity index (χ0v) is 19.5. The van der Waals surface area contributed by atoms with Gasteiger partial charge in [-0.3, -0.25) is 0 Å². The number of benzene rings is 1. The third kappa shape index (κ3) is 5.97.